The molecule has 0 spiro atoms. The van der Waals surface area contributed by atoms with E-state index < -0.39 is 0 Å². The van der Waals surface area contributed by atoms with Crippen LogP contribution in [0.1, 0.15) is 38.5 Å². The third-order valence-electron chi connectivity index (χ3n) is 4.58. The van der Waals surface area contributed by atoms with Crippen LogP contribution in [0.4, 0.5) is 0 Å². The SMILES string of the molecule is N#CCC1(CN2CCC3CCC(C2)N3)CC1. The van der Waals surface area contributed by atoms with E-state index in [1.807, 2.05) is 0 Å². The first-order valence-electron chi connectivity index (χ1n) is 6.65. The van der Waals surface area contributed by atoms with Crippen molar-refractivity contribution in [2.24, 2.45) is 5.41 Å². The Balaban J connectivity index is 1.57. The molecule has 16 heavy (non-hydrogen) atoms. The molecule has 3 heteroatoms. The number of likely N-dealkylation sites (tertiary alicyclic amines) is 1. The Hall–Kier alpha value is -0.590. The molecule has 0 amide bonds. The Labute approximate surface area is 97.8 Å². The largest absolute Gasteiger partial charge is 0.310 e. The molecule has 0 aromatic rings. The molecule has 3 rings (SSSR count). The van der Waals surface area contributed by atoms with E-state index in [1.165, 1.54) is 51.7 Å². The summed E-state index contributed by atoms with van der Waals surface area (Å²) in [5.41, 5.74) is 0.387. The van der Waals surface area contributed by atoms with E-state index >= 15 is 0 Å². The number of fused-ring (bicyclic) bond motifs is 2. The van der Waals surface area contributed by atoms with Crippen LogP contribution in [0.15, 0.2) is 0 Å². The number of rotatable bonds is 3. The summed E-state index contributed by atoms with van der Waals surface area (Å²) >= 11 is 0. The molecule has 3 aliphatic rings. The van der Waals surface area contributed by atoms with Crippen molar-refractivity contribution in [3.05, 3.63) is 0 Å². The molecule has 2 aliphatic heterocycles. The number of nitrogens with one attached hydrogen (secondary N) is 1. The van der Waals surface area contributed by atoms with Crippen LogP contribution >= 0.6 is 0 Å². The standard InChI is InChI=1S/C13H21N3/c14-7-6-13(4-5-13)10-16-8-3-11-1-2-12(9-16)15-11/h11-12,15H,1-6,8-10H2. The Bertz CT molecular complexity index is 303. The lowest BCUT2D eigenvalue weighted by atomic mass is 10.0. The Morgan fingerprint density at radius 2 is 2.06 bits per heavy atom. The molecule has 2 atom stereocenters. The molecule has 1 saturated carbocycles. The number of nitriles is 1. The third kappa shape index (κ3) is 2.09. The number of hydrogen-bond acceptors (Lipinski definition) is 3. The summed E-state index contributed by atoms with van der Waals surface area (Å²) in [6, 6.07) is 3.87. The van der Waals surface area contributed by atoms with E-state index in [-0.39, 0.29) is 0 Å². The predicted molar refractivity (Wildman–Crippen MR) is 62.9 cm³/mol. The highest BCUT2D eigenvalue weighted by molar-refractivity contribution is 5.02. The summed E-state index contributed by atoms with van der Waals surface area (Å²) in [6.45, 7) is 3.62. The average molecular weight is 219 g/mol. The molecule has 2 heterocycles. The molecule has 3 nitrogen and oxygen atoms in total. The molecule has 1 N–H and O–H groups in total. The summed E-state index contributed by atoms with van der Waals surface area (Å²) in [7, 11) is 0. The van der Waals surface area contributed by atoms with Gasteiger partial charge in [0.2, 0.25) is 0 Å². The molecule has 0 radical (unpaired) electrons. The highest BCUT2D eigenvalue weighted by Gasteiger charge is 2.44. The van der Waals surface area contributed by atoms with E-state index in [0.717, 1.165) is 18.5 Å². The van der Waals surface area contributed by atoms with Crippen molar-refractivity contribution in [2.75, 3.05) is 19.6 Å². The molecule has 88 valence electrons. The Morgan fingerprint density at radius 1 is 1.25 bits per heavy atom. The van der Waals surface area contributed by atoms with Crippen LogP contribution in [0, 0.1) is 16.7 Å². The van der Waals surface area contributed by atoms with E-state index in [2.05, 4.69) is 16.3 Å². The number of hydrogen-bond donors (Lipinski definition) is 1. The summed E-state index contributed by atoms with van der Waals surface area (Å²) in [6.07, 6.45) is 7.36. The maximum Gasteiger partial charge on any atom is 0.0628 e. The lowest BCUT2D eigenvalue weighted by Gasteiger charge is -2.27. The van der Waals surface area contributed by atoms with Crippen molar-refractivity contribution >= 4 is 0 Å². The number of nitrogens with zero attached hydrogens (tertiary/aromatic N) is 2. The maximum absolute atomic E-state index is 8.85. The fourth-order valence-corrected chi connectivity index (χ4v) is 3.37. The second-order valence-electron chi connectivity index (χ2n) is 6.00. The van der Waals surface area contributed by atoms with Gasteiger partial charge in [0.25, 0.3) is 0 Å². The fourth-order valence-electron chi connectivity index (χ4n) is 3.37. The quantitative estimate of drug-likeness (QED) is 0.782. The molecule has 2 saturated heterocycles. The lowest BCUT2D eigenvalue weighted by Crippen LogP contribution is -2.38. The Morgan fingerprint density at radius 3 is 2.81 bits per heavy atom. The van der Waals surface area contributed by atoms with Gasteiger partial charge in [-0.2, -0.15) is 5.26 Å². The zero-order valence-corrected chi connectivity index (χ0v) is 9.91. The maximum atomic E-state index is 8.85. The molecule has 0 aromatic carbocycles. The topological polar surface area (TPSA) is 39.1 Å². The smallest absolute Gasteiger partial charge is 0.0628 e. The minimum atomic E-state index is 0.387. The second-order valence-corrected chi connectivity index (χ2v) is 6.00. The van der Waals surface area contributed by atoms with Gasteiger partial charge in [0.1, 0.15) is 0 Å². The van der Waals surface area contributed by atoms with Gasteiger partial charge in [0.15, 0.2) is 0 Å². The molecular weight excluding hydrogens is 198 g/mol. The van der Waals surface area contributed by atoms with Gasteiger partial charge < -0.3 is 10.2 Å². The van der Waals surface area contributed by atoms with Gasteiger partial charge in [-0.15, -0.1) is 0 Å². The van der Waals surface area contributed by atoms with Crippen LogP contribution < -0.4 is 5.32 Å². The summed E-state index contributed by atoms with van der Waals surface area (Å²) in [5, 5.41) is 12.6. The van der Waals surface area contributed by atoms with E-state index in [4.69, 9.17) is 5.26 Å². The van der Waals surface area contributed by atoms with Crippen molar-refractivity contribution < 1.29 is 0 Å². The normalized spacial score (nSPS) is 36.7. The van der Waals surface area contributed by atoms with Gasteiger partial charge in [-0.05, 0) is 44.1 Å². The van der Waals surface area contributed by atoms with Gasteiger partial charge in [0.05, 0.1) is 6.07 Å². The molecule has 1 aliphatic carbocycles. The fraction of sp³-hybridized carbons (Fsp3) is 0.923. The highest BCUT2D eigenvalue weighted by atomic mass is 15.2. The first-order chi connectivity index (χ1) is 7.80. The highest BCUT2D eigenvalue weighted by Crippen LogP contribution is 2.49. The molecule has 2 bridgehead atoms. The van der Waals surface area contributed by atoms with E-state index in [1.54, 1.807) is 0 Å². The van der Waals surface area contributed by atoms with E-state index in [9.17, 15) is 0 Å². The van der Waals surface area contributed by atoms with Crippen molar-refractivity contribution in [2.45, 2.75) is 50.6 Å². The minimum Gasteiger partial charge on any atom is -0.310 e. The molecule has 2 unspecified atom stereocenters. The third-order valence-corrected chi connectivity index (χ3v) is 4.58. The zero-order chi connectivity index (χ0) is 11.0. The molecule has 3 fully saturated rings. The van der Waals surface area contributed by atoms with Crippen LogP contribution in [0.5, 0.6) is 0 Å². The van der Waals surface area contributed by atoms with Crippen LogP contribution in [-0.4, -0.2) is 36.6 Å². The van der Waals surface area contributed by atoms with E-state index in [0.29, 0.717) is 5.41 Å². The predicted octanol–water partition coefficient (Wildman–Crippen LogP) is 1.51. The minimum absolute atomic E-state index is 0.387. The van der Waals surface area contributed by atoms with Crippen molar-refractivity contribution in [1.82, 2.24) is 10.2 Å². The van der Waals surface area contributed by atoms with Crippen LogP contribution in [-0.2, 0) is 0 Å². The summed E-state index contributed by atoms with van der Waals surface area (Å²) in [4.78, 5) is 2.61. The van der Waals surface area contributed by atoms with Crippen molar-refractivity contribution in [1.29, 1.82) is 5.26 Å². The monoisotopic (exact) mass is 219 g/mol. The van der Waals surface area contributed by atoms with Gasteiger partial charge in [-0.3, -0.25) is 0 Å². The van der Waals surface area contributed by atoms with Crippen LogP contribution in [0.25, 0.3) is 0 Å². The molecule has 0 aromatic heterocycles. The average Bonchev–Trinajstić information content (AvgIpc) is 2.89. The first-order valence-corrected chi connectivity index (χ1v) is 6.65. The zero-order valence-electron chi connectivity index (χ0n) is 9.91. The summed E-state index contributed by atoms with van der Waals surface area (Å²) in [5.74, 6) is 0. The van der Waals surface area contributed by atoms with Gasteiger partial charge in [0, 0.05) is 31.6 Å². The van der Waals surface area contributed by atoms with Crippen LogP contribution in [0.3, 0.4) is 0 Å². The lowest BCUT2D eigenvalue weighted by molar-refractivity contribution is 0.210. The van der Waals surface area contributed by atoms with Gasteiger partial charge in [-0.1, -0.05) is 0 Å². The first kappa shape index (κ1) is 10.6. The summed E-state index contributed by atoms with van der Waals surface area (Å²) < 4.78 is 0. The van der Waals surface area contributed by atoms with Crippen molar-refractivity contribution in [3.8, 4) is 6.07 Å². The van der Waals surface area contributed by atoms with Crippen LogP contribution in [0.2, 0.25) is 0 Å². The molecular formula is C13H21N3. The van der Waals surface area contributed by atoms with Gasteiger partial charge >= 0.3 is 0 Å². The second kappa shape index (κ2) is 4.01. The van der Waals surface area contributed by atoms with Gasteiger partial charge in [-0.25, -0.2) is 0 Å². The Kier molecular flexibility index (Phi) is 2.65. The van der Waals surface area contributed by atoms with Crippen molar-refractivity contribution in [3.63, 3.8) is 0 Å².